The molecule has 1 aliphatic carbocycles. The minimum absolute atomic E-state index is 0.617. The molecule has 0 amide bonds. The molecule has 2 aromatic carbocycles. The van der Waals surface area contributed by atoms with Gasteiger partial charge in [-0.1, -0.05) is 62.4 Å². The van der Waals surface area contributed by atoms with Crippen LogP contribution in [0, 0.1) is 5.92 Å². The molecule has 0 aromatic heterocycles. The molecule has 0 atom stereocenters. The van der Waals surface area contributed by atoms with Gasteiger partial charge >= 0.3 is 0 Å². The van der Waals surface area contributed by atoms with E-state index in [2.05, 4.69) is 68.5 Å². The third-order valence-corrected chi connectivity index (χ3v) is 3.43. The van der Waals surface area contributed by atoms with Gasteiger partial charge in [0.1, 0.15) is 0 Å². The number of hydrogen-bond donors (Lipinski definition) is 0. The van der Waals surface area contributed by atoms with Gasteiger partial charge in [-0.15, -0.1) is 0 Å². The van der Waals surface area contributed by atoms with Crippen LogP contribution in [0.2, 0.25) is 0 Å². The zero-order chi connectivity index (χ0) is 12.5. The highest BCUT2D eigenvalue weighted by Crippen LogP contribution is 2.27. The predicted molar refractivity (Wildman–Crippen MR) is 79.6 cm³/mol. The van der Waals surface area contributed by atoms with Crippen molar-refractivity contribution in [2.75, 3.05) is 0 Å². The summed E-state index contributed by atoms with van der Waals surface area (Å²) in [5.74, 6) is 0.617. The smallest absolute Gasteiger partial charge is 0.00227 e. The lowest BCUT2D eigenvalue weighted by atomic mass is 9.90. The highest BCUT2D eigenvalue weighted by Gasteiger charge is 2.09. The SMILES string of the molecule is CC(C)C=C1C=Cc2cc3ccccc3cc2C1. The van der Waals surface area contributed by atoms with Crippen molar-refractivity contribution in [2.24, 2.45) is 5.92 Å². The molecule has 0 radical (unpaired) electrons. The number of fused-ring (bicyclic) bond motifs is 2. The van der Waals surface area contributed by atoms with Crippen molar-refractivity contribution in [3.63, 3.8) is 0 Å². The maximum Gasteiger partial charge on any atom is -0.00227 e. The van der Waals surface area contributed by atoms with Crippen LogP contribution in [-0.4, -0.2) is 0 Å². The first-order valence-electron chi connectivity index (χ1n) is 6.63. The largest absolute Gasteiger partial charge is 0.0784 e. The second-order valence-corrected chi connectivity index (χ2v) is 5.39. The van der Waals surface area contributed by atoms with E-state index in [0.29, 0.717) is 5.92 Å². The average Bonchev–Trinajstić information content (AvgIpc) is 2.35. The van der Waals surface area contributed by atoms with Crippen molar-refractivity contribution in [3.8, 4) is 0 Å². The Morgan fingerprint density at radius 3 is 2.44 bits per heavy atom. The van der Waals surface area contributed by atoms with Crippen molar-refractivity contribution >= 4 is 16.8 Å². The van der Waals surface area contributed by atoms with Crippen molar-refractivity contribution in [1.29, 1.82) is 0 Å². The normalized spacial score (nSPS) is 16.5. The van der Waals surface area contributed by atoms with Crippen LogP contribution < -0.4 is 0 Å². The van der Waals surface area contributed by atoms with Crippen LogP contribution in [-0.2, 0) is 6.42 Å². The molecular weight excluding hydrogens is 216 g/mol. The highest BCUT2D eigenvalue weighted by atomic mass is 14.1. The zero-order valence-electron chi connectivity index (χ0n) is 11.0. The molecular formula is C18H18. The summed E-state index contributed by atoms with van der Waals surface area (Å²) in [5.41, 5.74) is 4.26. The molecule has 3 rings (SSSR count). The predicted octanol–water partition coefficient (Wildman–Crippen LogP) is 4.99. The quantitative estimate of drug-likeness (QED) is 0.652. The van der Waals surface area contributed by atoms with Crippen LogP contribution in [0.15, 0.2) is 54.1 Å². The Balaban J connectivity index is 2.08. The van der Waals surface area contributed by atoms with Gasteiger partial charge in [-0.3, -0.25) is 0 Å². The first-order chi connectivity index (χ1) is 8.72. The van der Waals surface area contributed by atoms with Crippen molar-refractivity contribution < 1.29 is 0 Å². The van der Waals surface area contributed by atoms with Gasteiger partial charge in [-0.05, 0) is 45.9 Å². The molecule has 0 saturated heterocycles. The van der Waals surface area contributed by atoms with E-state index < -0.39 is 0 Å². The molecule has 1 aliphatic rings. The molecule has 0 bridgehead atoms. The molecule has 0 unspecified atom stereocenters. The molecule has 0 aliphatic heterocycles. The molecule has 0 fully saturated rings. The fourth-order valence-corrected chi connectivity index (χ4v) is 2.63. The third-order valence-electron chi connectivity index (χ3n) is 3.43. The molecule has 2 aromatic rings. The Kier molecular flexibility index (Phi) is 2.79. The van der Waals surface area contributed by atoms with Crippen LogP contribution in [0.4, 0.5) is 0 Å². The number of benzene rings is 2. The summed E-state index contributed by atoms with van der Waals surface area (Å²) in [6, 6.07) is 13.2. The lowest BCUT2D eigenvalue weighted by Crippen LogP contribution is -1.98. The lowest BCUT2D eigenvalue weighted by Gasteiger charge is -2.15. The number of rotatable bonds is 1. The minimum atomic E-state index is 0.617. The van der Waals surface area contributed by atoms with Gasteiger partial charge in [0.05, 0.1) is 0 Å². The minimum Gasteiger partial charge on any atom is -0.0784 e. The Labute approximate surface area is 109 Å². The van der Waals surface area contributed by atoms with E-state index in [4.69, 9.17) is 0 Å². The molecule has 0 heterocycles. The maximum atomic E-state index is 2.36. The van der Waals surface area contributed by atoms with Crippen LogP contribution in [0.3, 0.4) is 0 Å². The average molecular weight is 234 g/mol. The standard InChI is InChI=1S/C18H18/c1-13(2)9-14-7-8-17-11-15-5-3-4-6-16(15)12-18(17)10-14/h3-9,11-13H,10H2,1-2H3. The Morgan fingerprint density at radius 1 is 1.00 bits per heavy atom. The second-order valence-electron chi connectivity index (χ2n) is 5.39. The second kappa shape index (κ2) is 4.45. The summed E-state index contributed by atoms with van der Waals surface area (Å²) in [5, 5.41) is 2.67. The molecule has 18 heavy (non-hydrogen) atoms. The lowest BCUT2D eigenvalue weighted by molar-refractivity contribution is 0.820. The van der Waals surface area contributed by atoms with Crippen molar-refractivity contribution in [2.45, 2.75) is 20.3 Å². The summed E-state index contributed by atoms with van der Waals surface area (Å²) in [4.78, 5) is 0. The first-order valence-corrected chi connectivity index (χ1v) is 6.63. The Hall–Kier alpha value is -1.82. The van der Waals surface area contributed by atoms with E-state index in [1.54, 1.807) is 0 Å². The van der Waals surface area contributed by atoms with Crippen molar-refractivity contribution in [1.82, 2.24) is 0 Å². The summed E-state index contributed by atoms with van der Waals surface area (Å²) in [7, 11) is 0. The topological polar surface area (TPSA) is 0 Å². The molecule has 0 heteroatoms. The molecule has 0 N–H and O–H groups in total. The summed E-state index contributed by atoms with van der Waals surface area (Å²) < 4.78 is 0. The fraction of sp³-hybridized carbons (Fsp3) is 0.222. The molecule has 0 saturated carbocycles. The third kappa shape index (κ3) is 2.11. The van der Waals surface area contributed by atoms with Gasteiger partial charge in [-0.25, -0.2) is 0 Å². The summed E-state index contributed by atoms with van der Waals surface area (Å²) >= 11 is 0. The van der Waals surface area contributed by atoms with Gasteiger partial charge in [0, 0.05) is 0 Å². The van der Waals surface area contributed by atoms with E-state index >= 15 is 0 Å². The molecule has 0 nitrogen and oxygen atoms in total. The van der Waals surface area contributed by atoms with E-state index in [0.717, 1.165) is 6.42 Å². The fourth-order valence-electron chi connectivity index (χ4n) is 2.63. The van der Waals surface area contributed by atoms with Gasteiger partial charge in [0.2, 0.25) is 0 Å². The van der Waals surface area contributed by atoms with Gasteiger partial charge in [-0.2, -0.15) is 0 Å². The van der Waals surface area contributed by atoms with Gasteiger partial charge in [0.25, 0.3) is 0 Å². The maximum absolute atomic E-state index is 2.36. The van der Waals surface area contributed by atoms with E-state index in [9.17, 15) is 0 Å². The van der Waals surface area contributed by atoms with E-state index in [1.165, 1.54) is 27.5 Å². The Morgan fingerprint density at radius 2 is 1.72 bits per heavy atom. The van der Waals surface area contributed by atoms with Gasteiger partial charge < -0.3 is 0 Å². The highest BCUT2D eigenvalue weighted by molar-refractivity contribution is 5.86. The monoisotopic (exact) mass is 234 g/mol. The van der Waals surface area contributed by atoms with Crippen molar-refractivity contribution in [3.05, 3.63) is 65.3 Å². The van der Waals surface area contributed by atoms with Crippen LogP contribution in [0.1, 0.15) is 25.0 Å². The molecule has 90 valence electrons. The van der Waals surface area contributed by atoms with E-state index in [-0.39, 0.29) is 0 Å². The van der Waals surface area contributed by atoms with Crippen LogP contribution >= 0.6 is 0 Å². The number of hydrogen-bond acceptors (Lipinski definition) is 0. The van der Waals surface area contributed by atoms with Crippen LogP contribution in [0.5, 0.6) is 0 Å². The number of allylic oxidation sites excluding steroid dienone is 3. The Bertz CT molecular complexity index is 642. The molecule has 0 spiro atoms. The summed E-state index contributed by atoms with van der Waals surface area (Å²) in [6.07, 6.45) is 7.93. The summed E-state index contributed by atoms with van der Waals surface area (Å²) in [6.45, 7) is 4.47. The van der Waals surface area contributed by atoms with E-state index in [1.807, 2.05) is 0 Å². The first kappa shape index (κ1) is 11.3. The van der Waals surface area contributed by atoms with Crippen LogP contribution in [0.25, 0.3) is 16.8 Å². The zero-order valence-corrected chi connectivity index (χ0v) is 11.0. The van der Waals surface area contributed by atoms with Gasteiger partial charge in [0.15, 0.2) is 0 Å².